The molecule has 0 radical (unpaired) electrons. The van der Waals surface area contributed by atoms with E-state index in [4.69, 9.17) is 15.2 Å². The zero-order valence-corrected chi connectivity index (χ0v) is 9.97. The molecule has 0 aliphatic carbocycles. The van der Waals surface area contributed by atoms with Gasteiger partial charge >= 0.3 is 0 Å². The van der Waals surface area contributed by atoms with Crippen LogP contribution in [0.25, 0.3) is 0 Å². The highest BCUT2D eigenvalue weighted by molar-refractivity contribution is 5.85. The minimum absolute atomic E-state index is 0. The second kappa shape index (κ2) is 7.37. The lowest BCUT2D eigenvalue weighted by Gasteiger charge is -2.11. The van der Waals surface area contributed by atoms with Crippen LogP contribution in [0.3, 0.4) is 0 Å². The SMILES string of the molecule is CCOc1ccc(CN)cc1OCC.Cl. The van der Waals surface area contributed by atoms with E-state index in [1.807, 2.05) is 32.0 Å². The summed E-state index contributed by atoms with van der Waals surface area (Å²) in [7, 11) is 0. The summed E-state index contributed by atoms with van der Waals surface area (Å²) in [5.41, 5.74) is 6.60. The molecule has 15 heavy (non-hydrogen) atoms. The van der Waals surface area contributed by atoms with Crippen LogP contribution in [0.2, 0.25) is 0 Å². The van der Waals surface area contributed by atoms with Crippen LogP contribution in [-0.2, 0) is 6.54 Å². The van der Waals surface area contributed by atoms with Crippen molar-refractivity contribution in [2.24, 2.45) is 5.73 Å². The first kappa shape index (κ1) is 14.1. The van der Waals surface area contributed by atoms with Gasteiger partial charge < -0.3 is 15.2 Å². The van der Waals surface area contributed by atoms with Gasteiger partial charge in [-0.1, -0.05) is 6.07 Å². The number of benzene rings is 1. The molecule has 2 N–H and O–H groups in total. The molecule has 0 spiro atoms. The van der Waals surface area contributed by atoms with Crippen molar-refractivity contribution in [3.05, 3.63) is 23.8 Å². The van der Waals surface area contributed by atoms with Crippen LogP contribution >= 0.6 is 12.4 Å². The standard InChI is InChI=1S/C11H17NO2.ClH/c1-3-13-10-6-5-9(8-12)7-11(10)14-4-2;/h5-7H,3-4,8,12H2,1-2H3;1H. The molecule has 0 aromatic heterocycles. The van der Waals surface area contributed by atoms with E-state index in [0.717, 1.165) is 17.1 Å². The third-order valence-corrected chi connectivity index (χ3v) is 1.84. The van der Waals surface area contributed by atoms with Gasteiger partial charge in [0.05, 0.1) is 13.2 Å². The molecule has 3 nitrogen and oxygen atoms in total. The van der Waals surface area contributed by atoms with Gasteiger partial charge in [-0.25, -0.2) is 0 Å². The lowest BCUT2D eigenvalue weighted by molar-refractivity contribution is 0.287. The molecule has 0 aliphatic heterocycles. The Morgan fingerprint density at radius 1 is 1.07 bits per heavy atom. The Morgan fingerprint density at radius 3 is 2.20 bits per heavy atom. The summed E-state index contributed by atoms with van der Waals surface area (Å²) in [4.78, 5) is 0. The van der Waals surface area contributed by atoms with Gasteiger partial charge in [-0.3, -0.25) is 0 Å². The van der Waals surface area contributed by atoms with Crippen molar-refractivity contribution < 1.29 is 9.47 Å². The van der Waals surface area contributed by atoms with E-state index < -0.39 is 0 Å². The molecule has 0 heterocycles. The average molecular weight is 232 g/mol. The van der Waals surface area contributed by atoms with Gasteiger partial charge in [0.15, 0.2) is 11.5 Å². The van der Waals surface area contributed by atoms with E-state index >= 15 is 0 Å². The summed E-state index contributed by atoms with van der Waals surface area (Å²) in [6, 6.07) is 5.78. The monoisotopic (exact) mass is 231 g/mol. The quantitative estimate of drug-likeness (QED) is 0.846. The van der Waals surface area contributed by atoms with Gasteiger partial charge in [-0.15, -0.1) is 12.4 Å². The van der Waals surface area contributed by atoms with Gasteiger partial charge in [0.1, 0.15) is 0 Å². The second-order valence-corrected chi connectivity index (χ2v) is 2.85. The Bertz CT molecular complexity index is 292. The molecule has 0 fully saturated rings. The fourth-order valence-electron chi connectivity index (χ4n) is 1.22. The van der Waals surface area contributed by atoms with Crippen LogP contribution in [0.1, 0.15) is 19.4 Å². The van der Waals surface area contributed by atoms with Gasteiger partial charge in [0, 0.05) is 6.54 Å². The predicted molar refractivity (Wildman–Crippen MR) is 63.9 cm³/mol. The van der Waals surface area contributed by atoms with Crippen LogP contribution in [0.4, 0.5) is 0 Å². The van der Waals surface area contributed by atoms with Crippen molar-refractivity contribution in [2.75, 3.05) is 13.2 Å². The molecule has 1 aromatic carbocycles. The maximum atomic E-state index is 5.54. The Morgan fingerprint density at radius 2 is 1.67 bits per heavy atom. The summed E-state index contributed by atoms with van der Waals surface area (Å²) >= 11 is 0. The lowest BCUT2D eigenvalue weighted by atomic mass is 10.2. The molecule has 1 aromatic rings. The molecule has 1 rings (SSSR count). The Labute approximate surface area is 97.0 Å². The molecular formula is C11H18ClNO2. The molecule has 4 heteroatoms. The van der Waals surface area contributed by atoms with E-state index in [2.05, 4.69) is 0 Å². The maximum Gasteiger partial charge on any atom is 0.161 e. The zero-order valence-electron chi connectivity index (χ0n) is 9.16. The van der Waals surface area contributed by atoms with Gasteiger partial charge in [-0.05, 0) is 31.5 Å². The average Bonchev–Trinajstić information content (AvgIpc) is 2.21. The first-order valence-electron chi connectivity index (χ1n) is 4.90. The van der Waals surface area contributed by atoms with Gasteiger partial charge in [-0.2, -0.15) is 0 Å². The molecule has 0 atom stereocenters. The third-order valence-electron chi connectivity index (χ3n) is 1.84. The number of ether oxygens (including phenoxy) is 2. The van der Waals surface area contributed by atoms with Gasteiger partial charge in [0.25, 0.3) is 0 Å². The maximum absolute atomic E-state index is 5.54. The van der Waals surface area contributed by atoms with E-state index in [0.29, 0.717) is 19.8 Å². The van der Waals surface area contributed by atoms with Crippen LogP contribution < -0.4 is 15.2 Å². The van der Waals surface area contributed by atoms with Crippen molar-refractivity contribution in [1.29, 1.82) is 0 Å². The molecule has 86 valence electrons. The molecule has 0 bridgehead atoms. The normalized spacial score (nSPS) is 9.27. The molecule has 0 saturated carbocycles. The van der Waals surface area contributed by atoms with Crippen LogP contribution in [0, 0.1) is 0 Å². The predicted octanol–water partition coefficient (Wildman–Crippen LogP) is 2.36. The fraction of sp³-hybridized carbons (Fsp3) is 0.455. The molecule has 0 amide bonds. The minimum Gasteiger partial charge on any atom is -0.490 e. The highest BCUT2D eigenvalue weighted by atomic mass is 35.5. The topological polar surface area (TPSA) is 44.5 Å². The van der Waals surface area contributed by atoms with E-state index in [-0.39, 0.29) is 12.4 Å². The molecule has 0 unspecified atom stereocenters. The number of halogens is 1. The summed E-state index contributed by atoms with van der Waals surface area (Å²) in [6.45, 7) is 5.69. The smallest absolute Gasteiger partial charge is 0.161 e. The number of rotatable bonds is 5. The van der Waals surface area contributed by atoms with E-state index in [9.17, 15) is 0 Å². The Kier molecular flexibility index (Phi) is 6.92. The minimum atomic E-state index is 0. The largest absolute Gasteiger partial charge is 0.490 e. The summed E-state index contributed by atoms with van der Waals surface area (Å²) in [5.74, 6) is 1.56. The molecular weight excluding hydrogens is 214 g/mol. The highest BCUT2D eigenvalue weighted by Crippen LogP contribution is 2.28. The number of nitrogens with two attached hydrogens (primary N) is 1. The highest BCUT2D eigenvalue weighted by Gasteiger charge is 2.04. The summed E-state index contributed by atoms with van der Waals surface area (Å²) in [5, 5.41) is 0. The summed E-state index contributed by atoms with van der Waals surface area (Å²) < 4.78 is 10.9. The lowest BCUT2D eigenvalue weighted by Crippen LogP contribution is -2.01. The van der Waals surface area contributed by atoms with Crippen molar-refractivity contribution in [1.82, 2.24) is 0 Å². The third kappa shape index (κ3) is 3.98. The van der Waals surface area contributed by atoms with Crippen LogP contribution in [0.15, 0.2) is 18.2 Å². The number of hydrogen-bond acceptors (Lipinski definition) is 3. The Balaban J connectivity index is 0.00000196. The second-order valence-electron chi connectivity index (χ2n) is 2.85. The van der Waals surface area contributed by atoms with Gasteiger partial charge in [0.2, 0.25) is 0 Å². The zero-order chi connectivity index (χ0) is 10.4. The first-order valence-corrected chi connectivity index (χ1v) is 4.90. The summed E-state index contributed by atoms with van der Waals surface area (Å²) in [6.07, 6.45) is 0. The van der Waals surface area contributed by atoms with Crippen LogP contribution in [0.5, 0.6) is 11.5 Å². The Hall–Kier alpha value is -0.930. The van der Waals surface area contributed by atoms with Crippen molar-refractivity contribution >= 4 is 12.4 Å². The van der Waals surface area contributed by atoms with E-state index in [1.165, 1.54) is 0 Å². The van der Waals surface area contributed by atoms with Crippen molar-refractivity contribution in [2.45, 2.75) is 20.4 Å². The number of hydrogen-bond donors (Lipinski definition) is 1. The van der Waals surface area contributed by atoms with E-state index in [1.54, 1.807) is 0 Å². The fourth-order valence-corrected chi connectivity index (χ4v) is 1.22. The van der Waals surface area contributed by atoms with Crippen molar-refractivity contribution in [3.63, 3.8) is 0 Å². The first-order chi connectivity index (χ1) is 6.81. The molecule has 0 saturated heterocycles. The van der Waals surface area contributed by atoms with Crippen LogP contribution in [-0.4, -0.2) is 13.2 Å². The van der Waals surface area contributed by atoms with Crippen molar-refractivity contribution in [3.8, 4) is 11.5 Å². The molecule has 0 aliphatic rings.